The summed E-state index contributed by atoms with van der Waals surface area (Å²) >= 11 is 0. The smallest absolute Gasteiger partial charge is 0.255 e. The molecule has 2 heterocycles. The highest BCUT2D eigenvalue weighted by Gasteiger charge is 2.55. The van der Waals surface area contributed by atoms with E-state index in [2.05, 4.69) is 23.3 Å². The number of allylic oxidation sites excluding steroid dienone is 1. The first kappa shape index (κ1) is 23.5. The first-order valence-electron chi connectivity index (χ1n) is 12.7. The van der Waals surface area contributed by atoms with E-state index in [4.69, 9.17) is 0 Å². The van der Waals surface area contributed by atoms with Crippen LogP contribution in [-0.4, -0.2) is 41.3 Å². The molecule has 0 radical (unpaired) electrons. The summed E-state index contributed by atoms with van der Waals surface area (Å²) in [4.78, 5) is 27.1. The molecule has 2 N–H and O–H groups in total. The van der Waals surface area contributed by atoms with Crippen LogP contribution in [-0.2, 0) is 17.8 Å². The van der Waals surface area contributed by atoms with E-state index >= 15 is 0 Å². The maximum absolute atomic E-state index is 13.6. The minimum Gasteiger partial charge on any atom is -0.329 e. The summed E-state index contributed by atoms with van der Waals surface area (Å²) < 4.78 is 27.2. The van der Waals surface area contributed by atoms with Gasteiger partial charge in [-0.05, 0) is 75.0 Å². The fraction of sp³-hybridized carbons (Fsp3) is 0.630. The molecule has 5 nitrogen and oxygen atoms in total. The lowest BCUT2D eigenvalue weighted by molar-refractivity contribution is -0.126. The Morgan fingerprint density at radius 1 is 1.21 bits per heavy atom. The maximum atomic E-state index is 13.6. The van der Waals surface area contributed by atoms with Crippen molar-refractivity contribution in [3.8, 4) is 0 Å². The van der Waals surface area contributed by atoms with E-state index in [1.807, 2.05) is 19.1 Å². The Kier molecular flexibility index (Phi) is 6.25. The van der Waals surface area contributed by atoms with Crippen LogP contribution in [0.5, 0.6) is 0 Å². The van der Waals surface area contributed by atoms with Gasteiger partial charge in [-0.3, -0.25) is 9.59 Å². The number of carbonyl (C=O) groups excluding carboxylic acids is 2. The van der Waals surface area contributed by atoms with Crippen LogP contribution in [0.2, 0.25) is 0 Å². The normalized spacial score (nSPS) is 29.2. The Hall–Kier alpha value is -2.28. The van der Waals surface area contributed by atoms with Crippen molar-refractivity contribution in [2.75, 3.05) is 0 Å². The standard InChI is InChI=1S/C27H35F2N3O2/c1-16-7-10-23(24(33)30-16)32-15-20-14-18(8-9-21(20)25(32)34)13-19-5-3-4-6-22(19)31-17(2)27(11-12-27)26(28)29/h8-9,14,17,19,22-23,26,31H,1,3-7,10-13,15H2,2H3,(H,30,33)/t17?,19-,22+,23?/m1/s1. The van der Waals surface area contributed by atoms with Crippen LogP contribution in [0, 0.1) is 11.3 Å². The first-order valence-corrected chi connectivity index (χ1v) is 12.7. The third-order valence-electron chi connectivity index (χ3n) is 8.70. The summed E-state index contributed by atoms with van der Waals surface area (Å²) in [5, 5.41) is 6.38. The number of amides is 2. The monoisotopic (exact) mass is 471 g/mol. The van der Waals surface area contributed by atoms with Crippen molar-refractivity contribution in [1.29, 1.82) is 0 Å². The van der Waals surface area contributed by atoms with Crippen LogP contribution < -0.4 is 10.6 Å². The molecule has 2 unspecified atom stereocenters. The lowest BCUT2D eigenvalue weighted by Gasteiger charge is -2.37. The van der Waals surface area contributed by atoms with E-state index in [9.17, 15) is 18.4 Å². The Bertz CT molecular complexity index is 990. The van der Waals surface area contributed by atoms with Crippen molar-refractivity contribution in [2.45, 2.75) is 95.8 Å². The average Bonchev–Trinajstić information content (AvgIpc) is 3.56. The quantitative estimate of drug-likeness (QED) is 0.613. The number of hydrogen-bond acceptors (Lipinski definition) is 3. The summed E-state index contributed by atoms with van der Waals surface area (Å²) in [6, 6.07) is 5.65. The van der Waals surface area contributed by atoms with E-state index in [1.54, 1.807) is 4.90 Å². The van der Waals surface area contributed by atoms with E-state index in [0.717, 1.165) is 37.7 Å². The minimum absolute atomic E-state index is 0.0815. The number of benzene rings is 1. The number of carbonyl (C=O) groups is 2. The molecule has 1 saturated heterocycles. The zero-order valence-corrected chi connectivity index (χ0v) is 19.9. The fourth-order valence-electron chi connectivity index (χ4n) is 6.28. The fourth-order valence-corrected chi connectivity index (χ4v) is 6.28. The number of nitrogens with zero attached hydrogens (tertiary/aromatic N) is 1. The van der Waals surface area contributed by atoms with Gasteiger partial charge in [-0.15, -0.1) is 0 Å². The number of fused-ring (bicyclic) bond motifs is 1. The van der Waals surface area contributed by atoms with Gasteiger partial charge in [0, 0.05) is 35.3 Å². The minimum atomic E-state index is -2.27. The second-order valence-corrected chi connectivity index (χ2v) is 10.8. The van der Waals surface area contributed by atoms with Crippen molar-refractivity contribution < 1.29 is 18.4 Å². The van der Waals surface area contributed by atoms with Crippen LogP contribution >= 0.6 is 0 Å². The Balaban J connectivity index is 1.26. The van der Waals surface area contributed by atoms with Crippen molar-refractivity contribution in [1.82, 2.24) is 15.5 Å². The summed E-state index contributed by atoms with van der Waals surface area (Å²) in [6.45, 7) is 6.20. The van der Waals surface area contributed by atoms with Gasteiger partial charge in [-0.1, -0.05) is 31.6 Å². The lowest BCUT2D eigenvalue weighted by Crippen LogP contribution is -2.49. The van der Waals surface area contributed by atoms with Crippen LogP contribution in [0.15, 0.2) is 30.5 Å². The molecule has 5 rings (SSSR count). The van der Waals surface area contributed by atoms with Gasteiger partial charge >= 0.3 is 0 Å². The van der Waals surface area contributed by atoms with Crippen molar-refractivity contribution in [3.63, 3.8) is 0 Å². The molecule has 0 spiro atoms. The number of nitrogens with one attached hydrogen (secondary N) is 2. The van der Waals surface area contributed by atoms with Crippen molar-refractivity contribution >= 4 is 11.8 Å². The van der Waals surface area contributed by atoms with E-state index in [-0.39, 0.29) is 23.9 Å². The summed E-state index contributed by atoms with van der Waals surface area (Å²) in [7, 11) is 0. The SMILES string of the molecule is C=C1CCC(N2Cc3cc(C[C@H]4CCCC[C@@H]4NC(C)C4(C(F)F)CC4)ccc3C2=O)C(=O)N1. The van der Waals surface area contributed by atoms with Gasteiger partial charge in [-0.2, -0.15) is 0 Å². The van der Waals surface area contributed by atoms with Crippen LogP contribution in [0.4, 0.5) is 8.78 Å². The molecule has 1 aromatic rings. The van der Waals surface area contributed by atoms with Gasteiger partial charge in [0.1, 0.15) is 6.04 Å². The molecule has 3 fully saturated rings. The molecule has 4 atom stereocenters. The highest BCUT2D eigenvalue weighted by Crippen LogP contribution is 2.53. The van der Waals surface area contributed by atoms with Gasteiger partial charge in [0.05, 0.1) is 0 Å². The summed E-state index contributed by atoms with van der Waals surface area (Å²) in [5.41, 5.74) is 2.70. The second kappa shape index (κ2) is 9.06. The van der Waals surface area contributed by atoms with Crippen molar-refractivity contribution in [3.05, 3.63) is 47.2 Å². The first-order chi connectivity index (χ1) is 16.3. The molecule has 2 saturated carbocycles. The van der Waals surface area contributed by atoms with E-state index in [0.29, 0.717) is 49.4 Å². The van der Waals surface area contributed by atoms with Crippen molar-refractivity contribution in [2.24, 2.45) is 11.3 Å². The number of halogens is 2. The molecular formula is C27H35F2N3O2. The third kappa shape index (κ3) is 4.28. The zero-order chi connectivity index (χ0) is 24.0. The Labute approximate surface area is 200 Å². The summed E-state index contributed by atoms with van der Waals surface area (Å²) in [6.07, 6.45) is 5.51. The van der Waals surface area contributed by atoms with Gasteiger partial charge in [0.2, 0.25) is 12.3 Å². The Morgan fingerprint density at radius 2 is 1.97 bits per heavy atom. The highest BCUT2D eigenvalue weighted by molar-refractivity contribution is 6.01. The lowest BCUT2D eigenvalue weighted by atomic mass is 9.79. The molecule has 7 heteroatoms. The Morgan fingerprint density at radius 3 is 2.68 bits per heavy atom. The number of rotatable bonds is 7. The molecule has 0 aromatic heterocycles. The molecule has 4 aliphatic rings. The summed E-state index contributed by atoms with van der Waals surface area (Å²) in [5.74, 6) is 0.160. The van der Waals surface area contributed by atoms with Gasteiger partial charge in [0.15, 0.2) is 0 Å². The molecule has 0 bridgehead atoms. The van der Waals surface area contributed by atoms with Crippen LogP contribution in [0.1, 0.15) is 79.8 Å². The molecular weight excluding hydrogens is 436 g/mol. The predicted octanol–water partition coefficient (Wildman–Crippen LogP) is 4.56. The number of piperidine rings is 1. The average molecular weight is 472 g/mol. The largest absolute Gasteiger partial charge is 0.329 e. The number of alkyl halides is 2. The second-order valence-electron chi connectivity index (χ2n) is 10.8. The third-order valence-corrected chi connectivity index (χ3v) is 8.70. The molecule has 2 aliphatic heterocycles. The maximum Gasteiger partial charge on any atom is 0.255 e. The molecule has 2 aliphatic carbocycles. The molecule has 184 valence electrons. The molecule has 1 aromatic carbocycles. The van der Waals surface area contributed by atoms with E-state index < -0.39 is 17.9 Å². The van der Waals surface area contributed by atoms with Gasteiger partial charge in [0.25, 0.3) is 5.91 Å². The van der Waals surface area contributed by atoms with Gasteiger partial charge in [-0.25, -0.2) is 8.78 Å². The topological polar surface area (TPSA) is 61.4 Å². The highest BCUT2D eigenvalue weighted by atomic mass is 19.3. The number of hydrogen-bond donors (Lipinski definition) is 2. The molecule has 34 heavy (non-hydrogen) atoms. The van der Waals surface area contributed by atoms with Crippen LogP contribution in [0.3, 0.4) is 0 Å². The van der Waals surface area contributed by atoms with Gasteiger partial charge < -0.3 is 15.5 Å². The molecule has 2 amide bonds. The van der Waals surface area contributed by atoms with E-state index in [1.165, 1.54) is 5.56 Å². The zero-order valence-electron chi connectivity index (χ0n) is 19.9. The predicted molar refractivity (Wildman–Crippen MR) is 126 cm³/mol. The van der Waals surface area contributed by atoms with Crippen LogP contribution in [0.25, 0.3) is 0 Å².